The van der Waals surface area contributed by atoms with Crippen molar-refractivity contribution in [2.75, 3.05) is 0 Å². The molecule has 6 aromatic heterocycles. The van der Waals surface area contributed by atoms with E-state index < -0.39 is 0 Å². The van der Waals surface area contributed by atoms with Crippen LogP contribution in [0.2, 0.25) is 0 Å². The molecule has 20 rings (SSSR count). The monoisotopic (exact) mass is 1320 g/mol. The lowest BCUT2D eigenvalue weighted by molar-refractivity contribution is 0.670. The van der Waals surface area contributed by atoms with E-state index in [1.54, 1.807) is 0 Å². The number of benzene rings is 14. The summed E-state index contributed by atoms with van der Waals surface area (Å²) in [6.45, 7) is 0. The van der Waals surface area contributed by atoms with Crippen molar-refractivity contribution in [2.45, 2.75) is 0 Å². The number of hydrogen-bond acceptors (Lipinski definition) is 9. The molecule has 0 aliphatic rings. The van der Waals surface area contributed by atoms with Crippen molar-refractivity contribution >= 4 is 97.1 Å². The van der Waals surface area contributed by atoms with Gasteiger partial charge in [-0.2, -0.15) is 5.26 Å². The molecule has 0 unspecified atom stereocenters. The van der Waals surface area contributed by atoms with Crippen LogP contribution >= 0.6 is 11.3 Å². The van der Waals surface area contributed by atoms with Crippen molar-refractivity contribution in [1.29, 1.82) is 5.26 Å². The molecule has 6 heterocycles. The Balaban J connectivity index is 0.000000141. The molecule has 0 spiro atoms. The molecule has 0 aliphatic carbocycles. The predicted octanol–water partition coefficient (Wildman–Crippen LogP) is 23.4. The van der Waals surface area contributed by atoms with Crippen LogP contribution in [0.3, 0.4) is 0 Å². The van der Waals surface area contributed by atoms with Crippen LogP contribution in [0.1, 0.15) is 5.56 Å². The number of nitrogens with zero attached hydrogens (tertiary/aromatic N) is 9. The minimum absolute atomic E-state index is 0.601. The summed E-state index contributed by atoms with van der Waals surface area (Å²) in [7, 11) is 0. The first-order valence-electron chi connectivity index (χ1n) is 33.8. The SMILES string of the molecule is N#Cc1ccc2c(c1)c1cc(-c3cccc4c3oc3ccccc34)ccc1n2-c1ccc(-c2nc(-c3ccccc3)nc(-c3ccccc3)n2)cc1.c1ccc(-c2nc(-c3ccccc3)nc(-c3cccc(-n4c5ccccc5c5cc(-c6cccc7c6sc6ccccc67)ccc54)c3)n2)cc1. The maximum atomic E-state index is 9.85. The minimum Gasteiger partial charge on any atom is -0.455 e. The lowest BCUT2D eigenvalue weighted by Crippen LogP contribution is -2.01. The van der Waals surface area contributed by atoms with E-state index in [0.29, 0.717) is 40.5 Å². The summed E-state index contributed by atoms with van der Waals surface area (Å²) in [5.41, 5.74) is 18.9. The molecule has 102 heavy (non-hydrogen) atoms. The van der Waals surface area contributed by atoms with Gasteiger partial charge in [0.1, 0.15) is 11.2 Å². The highest BCUT2D eigenvalue weighted by Gasteiger charge is 2.22. The normalized spacial score (nSPS) is 11.5. The number of fused-ring (bicyclic) bond motifs is 12. The molecule has 0 saturated carbocycles. The zero-order valence-electron chi connectivity index (χ0n) is 54.6. The summed E-state index contributed by atoms with van der Waals surface area (Å²) in [5.74, 6) is 3.79. The zero-order valence-corrected chi connectivity index (χ0v) is 55.4. The molecule has 14 aromatic carbocycles. The minimum atomic E-state index is 0.601. The van der Waals surface area contributed by atoms with E-state index in [-0.39, 0.29) is 0 Å². The first-order chi connectivity index (χ1) is 50.5. The smallest absolute Gasteiger partial charge is 0.164 e. The second-order valence-electron chi connectivity index (χ2n) is 25.2. The number of furan rings is 1. The van der Waals surface area contributed by atoms with E-state index in [9.17, 15) is 5.26 Å². The Bertz CT molecular complexity index is 6580. The van der Waals surface area contributed by atoms with Crippen LogP contribution in [0.4, 0.5) is 0 Å². The molecular weight excluding hydrogens is 1270 g/mol. The standard InChI is InChI=1S/C46H27N5O.C45H28N4S/c47-28-29-18-24-40-38(26-29)39-27-33(35-15-9-16-37-36-14-7-8-17-42(36)52-43(35)37)21-25-41(39)51(40)34-22-19-32(20-23-34)46-49-44(30-10-3-1-4-11-30)48-45(50-46)31-12-5-2-6-13-31;1-3-13-29(14-4-1)43-46-44(30-15-5-2-6-16-30)48-45(47-43)32-17-11-18-33(27-32)49-39-23-9-7-19-35(39)38-28-31(25-26-40(38)49)34-21-12-22-37-36-20-8-10-24-41(36)50-42(34)37/h1-27H;1-28H. The van der Waals surface area contributed by atoms with Gasteiger partial charge in [-0.15, -0.1) is 11.3 Å². The number of nitriles is 1. The molecule has 476 valence electrons. The fraction of sp³-hybridized carbons (Fsp3) is 0. The van der Waals surface area contributed by atoms with E-state index >= 15 is 0 Å². The summed E-state index contributed by atoms with van der Waals surface area (Å²) >= 11 is 1.87. The van der Waals surface area contributed by atoms with Gasteiger partial charge >= 0.3 is 0 Å². The topological polar surface area (TPSA) is 124 Å². The van der Waals surface area contributed by atoms with E-state index in [1.165, 1.54) is 42.1 Å². The van der Waals surface area contributed by atoms with Crippen LogP contribution in [0.25, 0.3) is 188 Å². The molecule has 0 saturated heterocycles. The fourth-order valence-electron chi connectivity index (χ4n) is 14.3. The van der Waals surface area contributed by atoms with Gasteiger partial charge in [0.25, 0.3) is 0 Å². The fourth-order valence-corrected chi connectivity index (χ4v) is 15.6. The van der Waals surface area contributed by atoms with Gasteiger partial charge in [-0.25, -0.2) is 29.9 Å². The lowest BCUT2D eigenvalue weighted by atomic mass is 10.00. The molecule has 0 amide bonds. The number of rotatable bonds is 10. The Kier molecular flexibility index (Phi) is 14.5. The van der Waals surface area contributed by atoms with E-state index in [1.807, 2.05) is 169 Å². The highest BCUT2D eigenvalue weighted by molar-refractivity contribution is 7.26. The van der Waals surface area contributed by atoms with Gasteiger partial charge in [0.05, 0.1) is 33.7 Å². The van der Waals surface area contributed by atoms with Crippen molar-refractivity contribution in [2.24, 2.45) is 0 Å². The van der Waals surface area contributed by atoms with Gasteiger partial charge < -0.3 is 13.6 Å². The first kappa shape index (κ1) is 59.5. The first-order valence-corrected chi connectivity index (χ1v) is 34.6. The lowest BCUT2D eigenvalue weighted by Gasteiger charge is -2.12. The molecule has 11 heteroatoms. The van der Waals surface area contributed by atoms with Gasteiger partial charge in [0, 0.05) is 103 Å². The second-order valence-corrected chi connectivity index (χ2v) is 26.3. The van der Waals surface area contributed by atoms with Crippen molar-refractivity contribution in [3.05, 3.63) is 339 Å². The van der Waals surface area contributed by atoms with Crippen molar-refractivity contribution in [1.82, 2.24) is 39.0 Å². The van der Waals surface area contributed by atoms with Gasteiger partial charge in [-0.3, -0.25) is 0 Å². The number of hydrogen-bond donors (Lipinski definition) is 0. The third kappa shape index (κ3) is 10.5. The number of para-hydroxylation sites is 3. The Morgan fingerprint density at radius 1 is 0.275 bits per heavy atom. The van der Waals surface area contributed by atoms with Crippen LogP contribution in [-0.4, -0.2) is 39.0 Å². The van der Waals surface area contributed by atoms with Crippen LogP contribution in [0, 0.1) is 11.3 Å². The Morgan fingerprint density at radius 2 is 0.686 bits per heavy atom. The summed E-state index contributed by atoms with van der Waals surface area (Å²) in [5, 5.41) is 19.2. The van der Waals surface area contributed by atoms with E-state index in [4.69, 9.17) is 34.3 Å². The van der Waals surface area contributed by atoms with Gasteiger partial charge in [-0.1, -0.05) is 237 Å². The average Bonchev–Trinajstić information content (AvgIpc) is 1.59. The molecule has 0 aliphatic heterocycles. The summed E-state index contributed by atoms with van der Waals surface area (Å²) < 4.78 is 13.6. The zero-order chi connectivity index (χ0) is 67.6. The summed E-state index contributed by atoms with van der Waals surface area (Å²) in [4.78, 5) is 29.6. The largest absolute Gasteiger partial charge is 0.455 e. The maximum absolute atomic E-state index is 9.85. The molecule has 10 nitrogen and oxygen atoms in total. The Labute approximate surface area is 589 Å². The Morgan fingerprint density at radius 3 is 1.28 bits per heavy atom. The van der Waals surface area contributed by atoms with Gasteiger partial charge in [0.2, 0.25) is 0 Å². The Hall–Kier alpha value is -13.8. The van der Waals surface area contributed by atoms with Gasteiger partial charge in [-0.05, 0) is 114 Å². The van der Waals surface area contributed by atoms with Crippen molar-refractivity contribution in [3.63, 3.8) is 0 Å². The molecule has 0 fully saturated rings. The molecule has 0 N–H and O–H groups in total. The third-order valence-corrected chi connectivity index (χ3v) is 20.4. The van der Waals surface area contributed by atoms with Crippen LogP contribution in [0.5, 0.6) is 0 Å². The van der Waals surface area contributed by atoms with E-state index in [2.05, 4.69) is 191 Å². The van der Waals surface area contributed by atoms with Crippen molar-refractivity contribution in [3.8, 4) is 108 Å². The highest BCUT2D eigenvalue weighted by Crippen LogP contribution is 2.44. The quantitative estimate of drug-likeness (QED) is 0.133. The average molecular weight is 1320 g/mol. The molecule has 0 radical (unpaired) electrons. The van der Waals surface area contributed by atoms with Crippen LogP contribution < -0.4 is 0 Å². The maximum Gasteiger partial charge on any atom is 0.164 e. The second kappa shape index (κ2) is 24.9. The van der Waals surface area contributed by atoms with Crippen LogP contribution in [0.15, 0.2) is 338 Å². The van der Waals surface area contributed by atoms with E-state index in [0.717, 1.165) is 111 Å². The third-order valence-electron chi connectivity index (χ3n) is 19.1. The number of thiophene rings is 1. The summed E-state index contributed by atoms with van der Waals surface area (Å²) in [6, 6.07) is 117. The highest BCUT2D eigenvalue weighted by atomic mass is 32.1. The number of aromatic nitrogens is 8. The van der Waals surface area contributed by atoms with Crippen LogP contribution in [-0.2, 0) is 0 Å². The van der Waals surface area contributed by atoms with Crippen molar-refractivity contribution < 1.29 is 4.42 Å². The molecule has 20 aromatic rings. The molecule has 0 atom stereocenters. The predicted molar refractivity (Wildman–Crippen MR) is 417 cm³/mol. The molecule has 0 bridgehead atoms. The van der Waals surface area contributed by atoms with Gasteiger partial charge in [0.15, 0.2) is 34.9 Å². The molecular formula is C91H55N9OS. The summed E-state index contributed by atoms with van der Waals surface area (Å²) in [6.07, 6.45) is 0.